The Kier molecular flexibility index (Phi) is 10.9. The van der Waals surface area contributed by atoms with Gasteiger partial charge in [-0.2, -0.15) is 0 Å². The minimum Gasteiger partial charge on any atom is -0.289 e. The molecule has 1 amide bonds. The van der Waals surface area contributed by atoms with Gasteiger partial charge in [0.05, 0.1) is 0 Å². The zero-order valence-electron chi connectivity index (χ0n) is 13.1. The summed E-state index contributed by atoms with van der Waals surface area (Å²) in [7, 11) is 0. The molecule has 1 atom stereocenters. The Balaban J connectivity index is 4.31. The van der Waals surface area contributed by atoms with E-state index >= 15 is 0 Å². The van der Waals surface area contributed by atoms with Crippen LogP contribution in [0.15, 0.2) is 0 Å². The largest absolute Gasteiger partial charge is 0.289 e. The van der Waals surface area contributed by atoms with Gasteiger partial charge in [-0.05, 0) is 24.7 Å². The molecule has 3 nitrogen and oxygen atoms in total. The molecule has 0 fully saturated rings. The highest BCUT2D eigenvalue weighted by molar-refractivity contribution is 5.75. The summed E-state index contributed by atoms with van der Waals surface area (Å²) in [6.45, 7) is 6.59. The number of hydroxylamine groups is 1. The van der Waals surface area contributed by atoms with E-state index in [1.54, 1.807) is 5.48 Å². The van der Waals surface area contributed by atoms with Crippen LogP contribution in [-0.4, -0.2) is 11.1 Å². The van der Waals surface area contributed by atoms with E-state index in [-0.39, 0.29) is 11.3 Å². The Labute approximate surface area is 119 Å². The van der Waals surface area contributed by atoms with E-state index in [1.807, 2.05) is 0 Å². The fourth-order valence-electron chi connectivity index (χ4n) is 2.82. The standard InChI is InChI=1S/C16H33NO2/c1-4-7-9-10-11-13-16(6-3,12-8-5-2)14-15(18)17-19/h19H,4-14H2,1-3H3,(H,17,18). The van der Waals surface area contributed by atoms with Crippen molar-refractivity contribution in [1.29, 1.82) is 0 Å². The van der Waals surface area contributed by atoms with Crippen molar-refractivity contribution >= 4 is 5.91 Å². The maximum Gasteiger partial charge on any atom is 0.243 e. The average molecular weight is 271 g/mol. The lowest BCUT2D eigenvalue weighted by Crippen LogP contribution is -2.30. The second-order valence-corrected chi connectivity index (χ2v) is 5.83. The summed E-state index contributed by atoms with van der Waals surface area (Å²) in [5, 5.41) is 8.76. The maximum absolute atomic E-state index is 11.5. The fourth-order valence-corrected chi connectivity index (χ4v) is 2.82. The molecule has 0 spiro atoms. The molecule has 0 heterocycles. The van der Waals surface area contributed by atoms with Crippen LogP contribution in [0.2, 0.25) is 0 Å². The van der Waals surface area contributed by atoms with Crippen molar-refractivity contribution in [1.82, 2.24) is 5.48 Å². The number of rotatable bonds is 12. The zero-order chi connectivity index (χ0) is 14.6. The highest BCUT2D eigenvalue weighted by Gasteiger charge is 2.29. The van der Waals surface area contributed by atoms with Crippen LogP contribution < -0.4 is 5.48 Å². The van der Waals surface area contributed by atoms with E-state index in [0.29, 0.717) is 6.42 Å². The first-order valence-electron chi connectivity index (χ1n) is 8.07. The van der Waals surface area contributed by atoms with Crippen LogP contribution in [0.25, 0.3) is 0 Å². The molecule has 0 bridgehead atoms. The van der Waals surface area contributed by atoms with Crippen LogP contribution in [0.1, 0.15) is 91.4 Å². The van der Waals surface area contributed by atoms with Gasteiger partial charge in [0.2, 0.25) is 5.91 Å². The Bertz CT molecular complexity index is 231. The summed E-state index contributed by atoms with van der Waals surface area (Å²) in [5.41, 5.74) is 1.90. The molecule has 0 saturated heterocycles. The topological polar surface area (TPSA) is 49.3 Å². The van der Waals surface area contributed by atoms with Crippen molar-refractivity contribution in [3.8, 4) is 0 Å². The van der Waals surface area contributed by atoms with E-state index in [0.717, 1.165) is 19.3 Å². The van der Waals surface area contributed by atoms with Gasteiger partial charge in [-0.15, -0.1) is 0 Å². The first-order valence-corrected chi connectivity index (χ1v) is 8.07. The molecule has 0 aliphatic carbocycles. The van der Waals surface area contributed by atoms with Gasteiger partial charge in [-0.25, -0.2) is 5.48 Å². The smallest absolute Gasteiger partial charge is 0.243 e. The summed E-state index contributed by atoms with van der Waals surface area (Å²) in [6.07, 6.45) is 12.4. The lowest BCUT2D eigenvalue weighted by molar-refractivity contribution is -0.132. The van der Waals surface area contributed by atoms with E-state index < -0.39 is 0 Å². The van der Waals surface area contributed by atoms with Gasteiger partial charge in [0, 0.05) is 6.42 Å². The predicted octanol–water partition coefficient (Wildman–Crippen LogP) is 4.83. The third-order valence-corrected chi connectivity index (χ3v) is 4.28. The van der Waals surface area contributed by atoms with Gasteiger partial charge in [-0.1, -0.05) is 65.7 Å². The average Bonchev–Trinajstić information content (AvgIpc) is 2.44. The van der Waals surface area contributed by atoms with Crippen LogP contribution in [-0.2, 0) is 4.79 Å². The van der Waals surface area contributed by atoms with Gasteiger partial charge >= 0.3 is 0 Å². The number of unbranched alkanes of at least 4 members (excludes halogenated alkanes) is 5. The molecule has 0 aromatic heterocycles. The van der Waals surface area contributed by atoms with E-state index in [1.165, 1.54) is 44.9 Å². The van der Waals surface area contributed by atoms with Crippen LogP contribution >= 0.6 is 0 Å². The Morgan fingerprint density at radius 3 is 2.05 bits per heavy atom. The number of amides is 1. The third-order valence-electron chi connectivity index (χ3n) is 4.28. The molecule has 0 aromatic rings. The molecule has 0 aromatic carbocycles. The lowest BCUT2D eigenvalue weighted by atomic mass is 9.73. The third kappa shape index (κ3) is 8.25. The molecule has 2 N–H and O–H groups in total. The molecule has 114 valence electrons. The van der Waals surface area contributed by atoms with Gasteiger partial charge in [0.15, 0.2) is 0 Å². The van der Waals surface area contributed by atoms with E-state index in [4.69, 9.17) is 5.21 Å². The van der Waals surface area contributed by atoms with Crippen LogP contribution in [0.3, 0.4) is 0 Å². The van der Waals surface area contributed by atoms with Crippen molar-refractivity contribution in [2.24, 2.45) is 5.41 Å². The quantitative estimate of drug-likeness (QED) is 0.303. The predicted molar refractivity (Wildman–Crippen MR) is 80.2 cm³/mol. The van der Waals surface area contributed by atoms with Crippen LogP contribution in [0, 0.1) is 5.41 Å². The highest BCUT2D eigenvalue weighted by Crippen LogP contribution is 2.38. The summed E-state index contributed by atoms with van der Waals surface area (Å²) in [5.74, 6) is -0.230. The number of hydrogen-bond acceptors (Lipinski definition) is 2. The summed E-state index contributed by atoms with van der Waals surface area (Å²) < 4.78 is 0. The summed E-state index contributed by atoms with van der Waals surface area (Å²) in [4.78, 5) is 11.5. The molecule has 0 radical (unpaired) electrons. The monoisotopic (exact) mass is 271 g/mol. The fraction of sp³-hybridized carbons (Fsp3) is 0.938. The van der Waals surface area contributed by atoms with Crippen molar-refractivity contribution in [3.63, 3.8) is 0 Å². The minimum atomic E-state index is -0.230. The second-order valence-electron chi connectivity index (χ2n) is 5.83. The zero-order valence-corrected chi connectivity index (χ0v) is 13.1. The molecular formula is C16H33NO2. The Morgan fingerprint density at radius 2 is 1.53 bits per heavy atom. The first-order chi connectivity index (χ1) is 9.14. The van der Waals surface area contributed by atoms with Crippen LogP contribution in [0.5, 0.6) is 0 Å². The molecule has 19 heavy (non-hydrogen) atoms. The molecule has 0 rings (SSSR count). The molecule has 3 heteroatoms. The first kappa shape index (κ1) is 18.4. The minimum absolute atomic E-state index is 0.0923. The number of carbonyl (C=O) groups excluding carboxylic acids is 1. The highest BCUT2D eigenvalue weighted by atomic mass is 16.5. The molecular weight excluding hydrogens is 238 g/mol. The normalized spacial score (nSPS) is 14.1. The number of hydrogen-bond donors (Lipinski definition) is 2. The van der Waals surface area contributed by atoms with Gasteiger partial charge in [-0.3, -0.25) is 10.0 Å². The summed E-state index contributed by atoms with van der Waals surface area (Å²) in [6, 6.07) is 0. The molecule has 1 unspecified atom stereocenters. The number of carbonyl (C=O) groups is 1. The Hall–Kier alpha value is -0.570. The van der Waals surface area contributed by atoms with Crippen LogP contribution in [0.4, 0.5) is 0 Å². The number of nitrogens with one attached hydrogen (secondary N) is 1. The maximum atomic E-state index is 11.5. The lowest BCUT2D eigenvalue weighted by Gasteiger charge is -2.32. The van der Waals surface area contributed by atoms with Crippen molar-refractivity contribution in [2.75, 3.05) is 0 Å². The molecule has 0 aliphatic heterocycles. The SMILES string of the molecule is CCCCCCCC(CC)(CCCC)CC(=O)NO. The van der Waals surface area contributed by atoms with Gasteiger partial charge < -0.3 is 0 Å². The summed E-state index contributed by atoms with van der Waals surface area (Å²) >= 11 is 0. The molecule has 0 saturated carbocycles. The van der Waals surface area contributed by atoms with Gasteiger partial charge in [0.25, 0.3) is 0 Å². The van der Waals surface area contributed by atoms with Crippen molar-refractivity contribution < 1.29 is 10.0 Å². The van der Waals surface area contributed by atoms with E-state index in [9.17, 15) is 4.79 Å². The Morgan fingerprint density at radius 1 is 0.947 bits per heavy atom. The van der Waals surface area contributed by atoms with Gasteiger partial charge in [0.1, 0.15) is 0 Å². The van der Waals surface area contributed by atoms with Crippen molar-refractivity contribution in [3.05, 3.63) is 0 Å². The van der Waals surface area contributed by atoms with Crippen molar-refractivity contribution in [2.45, 2.75) is 91.4 Å². The molecule has 0 aliphatic rings. The van der Waals surface area contributed by atoms with E-state index in [2.05, 4.69) is 20.8 Å². The second kappa shape index (κ2) is 11.3.